The van der Waals surface area contributed by atoms with E-state index in [1.165, 1.54) is 12.1 Å². The summed E-state index contributed by atoms with van der Waals surface area (Å²) in [6.07, 6.45) is 4.64. The van der Waals surface area contributed by atoms with E-state index in [0.717, 1.165) is 11.1 Å². The van der Waals surface area contributed by atoms with Crippen molar-refractivity contribution in [3.63, 3.8) is 0 Å². The van der Waals surface area contributed by atoms with Crippen LogP contribution in [0, 0.1) is 5.82 Å². The number of nitrogens with one attached hydrogen (secondary N) is 2. The number of carbonyl (C=O) groups excluding carboxylic acids is 1. The van der Waals surface area contributed by atoms with Gasteiger partial charge in [-0.1, -0.05) is 12.1 Å². The molecule has 0 unspecified atom stereocenters. The van der Waals surface area contributed by atoms with Crippen molar-refractivity contribution in [3.05, 3.63) is 88.4 Å². The second-order valence-electron chi connectivity index (χ2n) is 6.36. The highest BCUT2D eigenvalue weighted by molar-refractivity contribution is 7.08. The minimum atomic E-state index is -0.280. The van der Waals surface area contributed by atoms with E-state index in [-0.39, 0.29) is 30.1 Å². The summed E-state index contributed by atoms with van der Waals surface area (Å²) < 4.78 is 15.0. The first kappa shape index (κ1) is 18.1. The van der Waals surface area contributed by atoms with Crippen LogP contribution in [-0.2, 0) is 11.2 Å². The van der Waals surface area contributed by atoms with Crippen LogP contribution in [0.25, 0.3) is 0 Å². The maximum absolute atomic E-state index is 13.0. The fraction of sp³-hybridized carbons (Fsp3) is 0.150. The molecule has 4 aromatic rings. The van der Waals surface area contributed by atoms with Crippen molar-refractivity contribution < 1.29 is 9.18 Å². The Morgan fingerprint density at radius 1 is 1.21 bits per heavy atom. The third-order valence-corrected chi connectivity index (χ3v) is 5.06. The van der Waals surface area contributed by atoms with Gasteiger partial charge >= 0.3 is 0 Å². The average Bonchev–Trinajstić information content (AvgIpc) is 3.45. The lowest BCUT2D eigenvalue weighted by Gasteiger charge is -2.17. The Morgan fingerprint density at radius 3 is 2.71 bits per heavy atom. The van der Waals surface area contributed by atoms with E-state index >= 15 is 0 Å². The normalized spacial score (nSPS) is 12.0. The van der Waals surface area contributed by atoms with Crippen LogP contribution in [0.2, 0.25) is 0 Å². The second-order valence-corrected chi connectivity index (χ2v) is 7.14. The van der Waals surface area contributed by atoms with Gasteiger partial charge in [-0.3, -0.25) is 15.2 Å². The number of aromatic nitrogens is 4. The molecule has 1 aromatic carbocycles. The molecule has 142 valence electrons. The van der Waals surface area contributed by atoms with E-state index in [1.54, 1.807) is 23.5 Å². The highest BCUT2D eigenvalue weighted by Crippen LogP contribution is 2.25. The van der Waals surface area contributed by atoms with Crippen LogP contribution in [0.15, 0.2) is 65.6 Å². The zero-order valence-corrected chi connectivity index (χ0v) is 15.7. The lowest BCUT2D eigenvalue weighted by atomic mass is 10.1. The van der Waals surface area contributed by atoms with Gasteiger partial charge in [0, 0.05) is 18.8 Å². The molecule has 0 spiro atoms. The fourth-order valence-corrected chi connectivity index (χ4v) is 3.70. The quantitative estimate of drug-likeness (QED) is 0.496. The fourth-order valence-electron chi connectivity index (χ4n) is 2.99. The van der Waals surface area contributed by atoms with Crippen LogP contribution in [0.5, 0.6) is 0 Å². The summed E-state index contributed by atoms with van der Waals surface area (Å²) in [7, 11) is 0. The standard InChI is InChI=1S/C20H18FN5OS/c21-16-5-3-14(4-6-16)11-18-22-20(25-24-18)23-19(27)12-17(15-7-10-28-13-15)26-8-1-2-9-26/h1-10,13,17H,11-12H2,(H2,22,23,24,25,27)/t17-/m1/s1. The van der Waals surface area contributed by atoms with Crippen molar-refractivity contribution in [3.8, 4) is 0 Å². The Labute approximate surface area is 165 Å². The smallest absolute Gasteiger partial charge is 0.248 e. The van der Waals surface area contributed by atoms with Crippen LogP contribution in [0.1, 0.15) is 29.4 Å². The van der Waals surface area contributed by atoms with Gasteiger partial charge in [0.25, 0.3) is 0 Å². The molecule has 4 rings (SSSR count). The molecule has 3 heterocycles. The molecule has 0 bridgehead atoms. The SMILES string of the molecule is O=C(C[C@H](c1ccsc1)n1cccc1)Nc1n[nH]c(Cc2ccc(F)cc2)n1. The first-order valence-electron chi connectivity index (χ1n) is 8.77. The number of hydrogen-bond acceptors (Lipinski definition) is 4. The maximum atomic E-state index is 13.0. The first-order valence-corrected chi connectivity index (χ1v) is 9.72. The molecule has 2 N–H and O–H groups in total. The van der Waals surface area contributed by atoms with Crippen molar-refractivity contribution in [1.82, 2.24) is 19.7 Å². The van der Waals surface area contributed by atoms with Crippen LogP contribution < -0.4 is 5.32 Å². The minimum absolute atomic E-state index is 0.0844. The number of hydrogen-bond donors (Lipinski definition) is 2. The number of nitrogens with zero attached hydrogens (tertiary/aromatic N) is 3. The molecule has 0 aliphatic heterocycles. The predicted octanol–water partition coefficient (Wildman–Crippen LogP) is 4.02. The third kappa shape index (κ3) is 4.34. The summed E-state index contributed by atoms with van der Waals surface area (Å²) in [5.74, 6) is 0.384. The van der Waals surface area contributed by atoms with Crippen molar-refractivity contribution in [2.45, 2.75) is 18.9 Å². The van der Waals surface area contributed by atoms with Crippen molar-refractivity contribution in [2.75, 3.05) is 5.32 Å². The Balaban J connectivity index is 1.40. The van der Waals surface area contributed by atoms with Crippen molar-refractivity contribution in [1.29, 1.82) is 0 Å². The van der Waals surface area contributed by atoms with Crippen LogP contribution in [0.3, 0.4) is 0 Å². The van der Waals surface area contributed by atoms with Gasteiger partial charge in [-0.15, -0.1) is 5.10 Å². The van der Waals surface area contributed by atoms with Gasteiger partial charge < -0.3 is 4.57 Å². The van der Waals surface area contributed by atoms with E-state index in [9.17, 15) is 9.18 Å². The number of anilines is 1. The van der Waals surface area contributed by atoms with Crippen LogP contribution in [0.4, 0.5) is 10.3 Å². The minimum Gasteiger partial charge on any atom is -0.346 e. The molecular formula is C20H18FN5OS. The summed E-state index contributed by atoms with van der Waals surface area (Å²) in [5.41, 5.74) is 1.99. The largest absolute Gasteiger partial charge is 0.346 e. The number of halogens is 1. The van der Waals surface area contributed by atoms with Gasteiger partial charge in [0.2, 0.25) is 11.9 Å². The number of amides is 1. The maximum Gasteiger partial charge on any atom is 0.248 e. The molecule has 0 radical (unpaired) electrons. The third-order valence-electron chi connectivity index (χ3n) is 4.36. The molecular weight excluding hydrogens is 377 g/mol. The molecule has 3 aromatic heterocycles. The number of rotatable bonds is 7. The zero-order valence-electron chi connectivity index (χ0n) is 14.9. The molecule has 1 amide bonds. The van der Waals surface area contributed by atoms with E-state index < -0.39 is 0 Å². The molecule has 0 saturated carbocycles. The summed E-state index contributed by atoms with van der Waals surface area (Å²) in [6.45, 7) is 0. The zero-order chi connectivity index (χ0) is 19.3. The molecule has 6 nitrogen and oxygen atoms in total. The highest BCUT2D eigenvalue weighted by Gasteiger charge is 2.19. The second kappa shape index (κ2) is 8.18. The van der Waals surface area contributed by atoms with Gasteiger partial charge in [0.05, 0.1) is 12.5 Å². The molecule has 0 aliphatic rings. The molecule has 0 saturated heterocycles. The van der Waals surface area contributed by atoms with E-state index in [2.05, 4.69) is 20.5 Å². The lowest BCUT2D eigenvalue weighted by molar-refractivity contribution is -0.116. The Hall–Kier alpha value is -3.26. The topological polar surface area (TPSA) is 75.6 Å². The van der Waals surface area contributed by atoms with Crippen molar-refractivity contribution in [2.24, 2.45) is 0 Å². The summed E-state index contributed by atoms with van der Waals surface area (Å²) in [6, 6.07) is 12.0. The van der Waals surface area contributed by atoms with Crippen LogP contribution >= 0.6 is 11.3 Å². The number of thiophene rings is 1. The van der Waals surface area contributed by atoms with Gasteiger partial charge in [-0.2, -0.15) is 16.3 Å². The van der Waals surface area contributed by atoms with E-state index in [4.69, 9.17) is 0 Å². The number of carbonyl (C=O) groups is 1. The van der Waals surface area contributed by atoms with Crippen LogP contribution in [-0.4, -0.2) is 25.7 Å². The average molecular weight is 395 g/mol. The molecule has 28 heavy (non-hydrogen) atoms. The molecule has 0 aliphatic carbocycles. The number of H-pyrrole nitrogens is 1. The molecule has 1 atom stereocenters. The summed E-state index contributed by atoms with van der Waals surface area (Å²) in [5, 5.41) is 13.7. The summed E-state index contributed by atoms with van der Waals surface area (Å²) >= 11 is 1.60. The summed E-state index contributed by atoms with van der Waals surface area (Å²) in [4.78, 5) is 16.9. The Bertz CT molecular complexity index is 991. The molecule has 0 fully saturated rings. The van der Waals surface area contributed by atoms with Gasteiger partial charge in [0.15, 0.2) is 0 Å². The van der Waals surface area contributed by atoms with Crippen molar-refractivity contribution >= 4 is 23.2 Å². The van der Waals surface area contributed by atoms with E-state index in [1.807, 2.05) is 45.9 Å². The van der Waals surface area contributed by atoms with Gasteiger partial charge in [0.1, 0.15) is 11.6 Å². The highest BCUT2D eigenvalue weighted by atomic mass is 32.1. The predicted molar refractivity (Wildman–Crippen MR) is 106 cm³/mol. The lowest BCUT2D eigenvalue weighted by Crippen LogP contribution is -2.19. The Morgan fingerprint density at radius 2 is 2.00 bits per heavy atom. The van der Waals surface area contributed by atoms with Gasteiger partial charge in [-0.05, 0) is 52.2 Å². The van der Waals surface area contributed by atoms with Gasteiger partial charge in [-0.25, -0.2) is 4.39 Å². The molecule has 8 heteroatoms. The first-order chi connectivity index (χ1) is 13.7. The van der Waals surface area contributed by atoms with E-state index in [0.29, 0.717) is 12.2 Å². The number of aromatic amines is 1. The Kier molecular flexibility index (Phi) is 5.29. The number of benzene rings is 1. The monoisotopic (exact) mass is 395 g/mol.